The topological polar surface area (TPSA) is 73.3 Å². The second-order valence-corrected chi connectivity index (χ2v) is 10.1. The third-order valence-corrected chi connectivity index (χ3v) is 8.45. The van der Waals surface area contributed by atoms with Crippen molar-refractivity contribution in [3.63, 3.8) is 0 Å². The molecule has 1 aliphatic carbocycles. The van der Waals surface area contributed by atoms with Crippen molar-refractivity contribution in [2.75, 3.05) is 39.4 Å². The number of halogens is 1. The van der Waals surface area contributed by atoms with Crippen molar-refractivity contribution in [3.8, 4) is 0 Å². The molecule has 3 atom stereocenters. The van der Waals surface area contributed by atoms with Gasteiger partial charge in [-0.3, -0.25) is 4.79 Å². The Hall–Kier alpha value is -1.67. The fourth-order valence-electron chi connectivity index (χ4n) is 6.50. The van der Waals surface area contributed by atoms with Crippen LogP contribution in [0.15, 0.2) is 11.3 Å². The molecule has 0 saturated carbocycles. The third kappa shape index (κ3) is 4.53. The number of likely N-dealkylation sites (tertiary alicyclic amines) is 2. The Labute approximate surface area is 196 Å². The minimum Gasteiger partial charge on any atom is -0.450 e. The van der Waals surface area contributed by atoms with Gasteiger partial charge in [0.05, 0.1) is 18.6 Å². The van der Waals surface area contributed by atoms with Crippen molar-refractivity contribution in [1.82, 2.24) is 14.7 Å². The van der Waals surface area contributed by atoms with E-state index < -0.39 is 11.6 Å². The standard InChI is InChI=1S/C25H40FN3O4/c1-3-25(17-30)21-8-7-18(26)16-22(21)29(23(25)31)20-10-13-27(14-11-20)19-6-5-12-28(15-9-19)24(32)33-4-2/h18-20,30H,3-17H2,1-2H3. The maximum absolute atomic E-state index is 14.3. The molecular formula is C25H40FN3O4. The van der Waals surface area contributed by atoms with Crippen molar-refractivity contribution in [2.24, 2.45) is 5.41 Å². The van der Waals surface area contributed by atoms with Crippen LogP contribution < -0.4 is 0 Å². The van der Waals surface area contributed by atoms with Gasteiger partial charge in [0.25, 0.3) is 0 Å². The summed E-state index contributed by atoms with van der Waals surface area (Å²) in [5.74, 6) is -0.00963. The molecule has 3 heterocycles. The number of hydrogen-bond acceptors (Lipinski definition) is 5. The van der Waals surface area contributed by atoms with Crippen molar-refractivity contribution in [3.05, 3.63) is 11.3 Å². The molecule has 7 nitrogen and oxygen atoms in total. The molecule has 0 aromatic heterocycles. The van der Waals surface area contributed by atoms with Crippen LogP contribution in [-0.4, -0.2) is 89.5 Å². The second-order valence-electron chi connectivity index (χ2n) is 10.1. The summed E-state index contributed by atoms with van der Waals surface area (Å²) in [5.41, 5.74) is 1.02. The minimum atomic E-state index is -0.904. The van der Waals surface area contributed by atoms with E-state index in [0.29, 0.717) is 38.3 Å². The van der Waals surface area contributed by atoms with Gasteiger partial charge in [-0.1, -0.05) is 6.92 Å². The van der Waals surface area contributed by atoms with Gasteiger partial charge in [-0.2, -0.15) is 0 Å². The van der Waals surface area contributed by atoms with E-state index >= 15 is 0 Å². The fraction of sp³-hybridized carbons (Fsp3) is 0.840. The van der Waals surface area contributed by atoms with Crippen molar-refractivity contribution in [1.29, 1.82) is 0 Å². The predicted octanol–water partition coefficient (Wildman–Crippen LogP) is 3.47. The Balaban J connectivity index is 1.40. The molecule has 3 unspecified atom stereocenters. The first-order chi connectivity index (χ1) is 15.9. The van der Waals surface area contributed by atoms with Gasteiger partial charge < -0.3 is 24.5 Å². The largest absolute Gasteiger partial charge is 0.450 e. The summed E-state index contributed by atoms with van der Waals surface area (Å²) in [5, 5.41) is 10.2. The number of aliphatic hydroxyl groups excluding tert-OH is 1. The van der Waals surface area contributed by atoms with Crippen molar-refractivity contribution in [2.45, 2.75) is 89.9 Å². The number of carbonyl (C=O) groups excluding carboxylic acids is 2. The maximum Gasteiger partial charge on any atom is 0.409 e. The maximum atomic E-state index is 14.3. The molecule has 0 bridgehead atoms. The molecule has 4 aliphatic rings. The lowest BCUT2D eigenvalue weighted by atomic mass is 9.75. The van der Waals surface area contributed by atoms with Crippen LogP contribution in [0.25, 0.3) is 0 Å². The average Bonchev–Trinajstić information content (AvgIpc) is 2.96. The summed E-state index contributed by atoms with van der Waals surface area (Å²) >= 11 is 0. The van der Waals surface area contributed by atoms with E-state index in [-0.39, 0.29) is 24.6 Å². The van der Waals surface area contributed by atoms with Crippen molar-refractivity contribution < 1.29 is 23.8 Å². The Kier molecular flexibility index (Phi) is 7.63. The van der Waals surface area contributed by atoms with Gasteiger partial charge in [0.2, 0.25) is 5.91 Å². The number of rotatable bonds is 5. The average molecular weight is 466 g/mol. The number of alkyl halides is 1. The first-order valence-electron chi connectivity index (χ1n) is 12.9. The van der Waals surface area contributed by atoms with Gasteiger partial charge >= 0.3 is 6.09 Å². The molecule has 186 valence electrons. The van der Waals surface area contributed by atoms with Crippen LogP contribution in [-0.2, 0) is 9.53 Å². The summed E-state index contributed by atoms with van der Waals surface area (Å²) in [4.78, 5) is 31.9. The number of amides is 2. The Morgan fingerprint density at radius 3 is 2.48 bits per heavy atom. The number of piperidine rings is 1. The molecule has 3 aliphatic heterocycles. The van der Waals surface area contributed by atoms with Crippen LogP contribution in [0.3, 0.4) is 0 Å². The zero-order chi connectivity index (χ0) is 23.6. The van der Waals surface area contributed by atoms with Crippen LogP contribution in [0.1, 0.15) is 71.6 Å². The molecule has 0 aromatic rings. The van der Waals surface area contributed by atoms with Gasteiger partial charge in [-0.15, -0.1) is 0 Å². The second kappa shape index (κ2) is 10.3. The number of hydrogen-bond donors (Lipinski definition) is 1. The lowest BCUT2D eigenvalue weighted by molar-refractivity contribution is -0.140. The predicted molar refractivity (Wildman–Crippen MR) is 123 cm³/mol. The summed E-state index contributed by atoms with van der Waals surface area (Å²) in [6.45, 7) is 7.27. The molecule has 4 rings (SSSR count). The molecule has 1 N–H and O–H groups in total. The molecular weight excluding hydrogens is 425 g/mol. The molecule has 2 saturated heterocycles. The monoisotopic (exact) mass is 465 g/mol. The third-order valence-electron chi connectivity index (χ3n) is 8.45. The van der Waals surface area contributed by atoms with Gasteiger partial charge in [0.15, 0.2) is 0 Å². The van der Waals surface area contributed by atoms with Crippen LogP contribution in [0.5, 0.6) is 0 Å². The summed E-state index contributed by atoms with van der Waals surface area (Å²) in [7, 11) is 0. The Morgan fingerprint density at radius 1 is 1.09 bits per heavy atom. The number of carbonyl (C=O) groups is 2. The number of ether oxygens (including phenoxy) is 1. The number of aliphatic hydroxyl groups is 1. The zero-order valence-corrected chi connectivity index (χ0v) is 20.2. The van der Waals surface area contributed by atoms with Crippen LogP contribution in [0, 0.1) is 5.41 Å². The van der Waals surface area contributed by atoms with Gasteiger partial charge in [0, 0.05) is 50.4 Å². The van der Waals surface area contributed by atoms with E-state index in [0.717, 1.165) is 69.6 Å². The van der Waals surface area contributed by atoms with Crippen molar-refractivity contribution >= 4 is 12.0 Å². The first kappa shape index (κ1) is 24.5. The molecule has 8 heteroatoms. The lowest BCUT2D eigenvalue weighted by Crippen LogP contribution is -2.50. The van der Waals surface area contributed by atoms with E-state index in [4.69, 9.17) is 4.74 Å². The smallest absolute Gasteiger partial charge is 0.409 e. The molecule has 2 fully saturated rings. The number of allylic oxidation sites excluding steroid dienone is 1. The molecule has 33 heavy (non-hydrogen) atoms. The summed E-state index contributed by atoms with van der Waals surface area (Å²) in [6.07, 6.45) is 5.47. The highest BCUT2D eigenvalue weighted by Gasteiger charge is 2.54. The lowest BCUT2D eigenvalue weighted by Gasteiger charge is -2.41. The summed E-state index contributed by atoms with van der Waals surface area (Å²) < 4.78 is 19.5. The number of nitrogens with zero attached hydrogens (tertiary/aromatic N) is 3. The van der Waals surface area contributed by atoms with E-state index in [1.54, 1.807) is 0 Å². The van der Waals surface area contributed by atoms with Gasteiger partial charge in [0.1, 0.15) is 6.17 Å². The van der Waals surface area contributed by atoms with Crippen LogP contribution in [0.4, 0.5) is 9.18 Å². The highest BCUT2D eigenvalue weighted by molar-refractivity contribution is 5.92. The normalized spacial score (nSPS) is 32.2. The molecule has 2 amide bonds. The highest BCUT2D eigenvalue weighted by Crippen LogP contribution is 2.50. The Morgan fingerprint density at radius 2 is 1.82 bits per heavy atom. The zero-order valence-electron chi connectivity index (χ0n) is 20.2. The SMILES string of the molecule is CCOC(=O)N1CCCC(N2CCC(N3C(=O)C(CC)(CO)C4=C3CC(F)CC4)CC2)CC1. The summed E-state index contributed by atoms with van der Waals surface area (Å²) in [6, 6.07) is 0.511. The Bertz CT molecular complexity index is 761. The van der Waals surface area contributed by atoms with Crippen LogP contribution in [0.2, 0.25) is 0 Å². The molecule has 0 aromatic carbocycles. The van der Waals surface area contributed by atoms with E-state index in [1.165, 1.54) is 0 Å². The fourth-order valence-corrected chi connectivity index (χ4v) is 6.50. The quantitative estimate of drug-likeness (QED) is 0.673. The highest BCUT2D eigenvalue weighted by atomic mass is 19.1. The van der Waals surface area contributed by atoms with Gasteiger partial charge in [-0.25, -0.2) is 9.18 Å². The van der Waals surface area contributed by atoms with Gasteiger partial charge in [-0.05, 0) is 63.9 Å². The van der Waals surface area contributed by atoms with E-state index in [1.807, 2.05) is 23.6 Å². The van der Waals surface area contributed by atoms with E-state index in [9.17, 15) is 19.1 Å². The van der Waals surface area contributed by atoms with E-state index in [2.05, 4.69) is 4.90 Å². The molecule has 0 spiro atoms. The van der Waals surface area contributed by atoms with Crippen LogP contribution >= 0.6 is 0 Å². The first-order valence-corrected chi connectivity index (χ1v) is 12.9. The molecule has 0 radical (unpaired) electrons. The minimum absolute atomic E-state index is 0.00963.